The van der Waals surface area contributed by atoms with E-state index in [1.807, 2.05) is 36.7 Å². The van der Waals surface area contributed by atoms with Gasteiger partial charge in [-0.3, -0.25) is 0 Å². The number of benzene rings is 1. The summed E-state index contributed by atoms with van der Waals surface area (Å²) in [5.41, 5.74) is 1.59. The third-order valence-electron chi connectivity index (χ3n) is 5.61. The second-order valence-electron chi connectivity index (χ2n) is 7.75. The van der Waals surface area contributed by atoms with Crippen LogP contribution >= 0.6 is 0 Å². The molecular formula is C22H30N6O2. The van der Waals surface area contributed by atoms with E-state index in [2.05, 4.69) is 29.7 Å². The lowest BCUT2D eigenvalue weighted by molar-refractivity contribution is 0.139. The summed E-state index contributed by atoms with van der Waals surface area (Å²) in [6, 6.07) is 10.1. The van der Waals surface area contributed by atoms with Crippen LogP contribution in [0.5, 0.6) is 5.75 Å². The number of nitrogens with zero attached hydrogens (tertiary/aromatic N) is 5. The summed E-state index contributed by atoms with van der Waals surface area (Å²) in [5, 5.41) is 12.1. The maximum absolute atomic E-state index is 9.00. The molecule has 1 aromatic carbocycles. The minimum atomic E-state index is 0.0568. The Hall–Kier alpha value is -2.71. The highest BCUT2D eigenvalue weighted by atomic mass is 16.5. The Morgan fingerprint density at radius 2 is 1.90 bits per heavy atom. The van der Waals surface area contributed by atoms with E-state index < -0.39 is 0 Å². The Kier molecular flexibility index (Phi) is 7.10. The van der Waals surface area contributed by atoms with Gasteiger partial charge in [0.25, 0.3) is 0 Å². The van der Waals surface area contributed by atoms with Gasteiger partial charge in [0.2, 0.25) is 0 Å². The molecule has 0 saturated carbocycles. The largest absolute Gasteiger partial charge is 0.493 e. The monoisotopic (exact) mass is 410 g/mol. The minimum Gasteiger partial charge on any atom is -0.493 e. The topological polar surface area (TPSA) is 88.3 Å². The Morgan fingerprint density at radius 3 is 2.70 bits per heavy atom. The number of imidazole rings is 1. The van der Waals surface area contributed by atoms with Crippen LogP contribution in [-0.2, 0) is 6.54 Å². The molecule has 8 heteroatoms. The number of aryl methyl sites for hydroxylation is 1. The lowest BCUT2D eigenvalue weighted by Gasteiger charge is -2.31. The first-order chi connectivity index (χ1) is 14.8. The van der Waals surface area contributed by atoms with Crippen molar-refractivity contribution >= 4 is 17.0 Å². The second-order valence-corrected chi connectivity index (χ2v) is 7.75. The Balaban J connectivity index is 1.20. The number of ether oxygens (including phenoxy) is 1. The Bertz CT molecular complexity index is 908. The molecule has 1 saturated heterocycles. The van der Waals surface area contributed by atoms with E-state index in [0.717, 1.165) is 56.1 Å². The van der Waals surface area contributed by atoms with Crippen molar-refractivity contribution in [1.82, 2.24) is 24.4 Å². The van der Waals surface area contributed by atoms with E-state index in [4.69, 9.17) is 9.84 Å². The summed E-state index contributed by atoms with van der Waals surface area (Å²) in [5.74, 6) is 2.28. The third-order valence-corrected chi connectivity index (χ3v) is 5.61. The summed E-state index contributed by atoms with van der Waals surface area (Å²) >= 11 is 0. The standard InChI is InChI=1S/C22H30N6O2/c29-14-9-23-21-20-22(25-16-24-21)28(17-26-20)11-4-10-27-12-7-18(8-13-27)15-30-19-5-2-1-3-6-19/h1-3,5-6,16-18,29H,4,7-15H2,(H,23,24,25). The van der Waals surface area contributed by atoms with Crippen LogP contribution in [-0.4, -0.2) is 68.9 Å². The van der Waals surface area contributed by atoms with E-state index in [1.54, 1.807) is 6.33 Å². The van der Waals surface area contributed by atoms with E-state index in [-0.39, 0.29) is 6.61 Å². The maximum atomic E-state index is 9.00. The van der Waals surface area contributed by atoms with Crippen LogP contribution in [0.15, 0.2) is 43.0 Å². The lowest BCUT2D eigenvalue weighted by Crippen LogP contribution is -2.36. The molecule has 4 rings (SSSR count). The van der Waals surface area contributed by atoms with Gasteiger partial charge in [0.1, 0.15) is 17.6 Å². The van der Waals surface area contributed by atoms with E-state index >= 15 is 0 Å². The first kappa shape index (κ1) is 20.6. The van der Waals surface area contributed by atoms with E-state index in [9.17, 15) is 0 Å². The molecule has 1 aliphatic rings. The summed E-state index contributed by atoms with van der Waals surface area (Å²) in [6.45, 7) is 5.53. The zero-order valence-corrected chi connectivity index (χ0v) is 17.3. The fourth-order valence-corrected chi connectivity index (χ4v) is 3.92. The summed E-state index contributed by atoms with van der Waals surface area (Å²) < 4.78 is 8.01. The van der Waals surface area contributed by atoms with E-state index in [1.165, 1.54) is 12.8 Å². The highest BCUT2D eigenvalue weighted by Crippen LogP contribution is 2.20. The van der Waals surface area contributed by atoms with Crippen molar-refractivity contribution in [2.24, 2.45) is 5.92 Å². The van der Waals surface area contributed by atoms with Crippen molar-refractivity contribution in [3.8, 4) is 5.75 Å². The van der Waals surface area contributed by atoms with Crippen LogP contribution in [0.4, 0.5) is 5.82 Å². The predicted molar refractivity (Wildman–Crippen MR) is 117 cm³/mol. The molecule has 0 spiro atoms. The average Bonchev–Trinajstić information content (AvgIpc) is 3.21. The van der Waals surface area contributed by atoms with Crippen molar-refractivity contribution in [3.63, 3.8) is 0 Å². The molecular weight excluding hydrogens is 380 g/mol. The first-order valence-corrected chi connectivity index (χ1v) is 10.7. The van der Waals surface area contributed by atoms with Crippen molar-refractivity contribution in [2.75, 3.05) is 44.7 Å². The van der Waals surface area contributed by atoms with Crippen LogP contribution in [0.3, 0.4) is 0 Å². The van der Waals surface area contributed by atoms with Crippen molar-refractivity contribution in [1.29, 1.82) is 0 Å². The molecule has 0 bridgehead atoms. The molecule has 8 nitrogen and oxygen atoms in total. The normalized spacial score (nSPS) is 15.5. The van der Waals surface area contributed by atoms with Crippen LogP contribution < -0.4 is 10.1 Å². The van der Waals surface area contributed by atoms with Gasteiger partial charge in [0, 0.05) is 13.1 Å². The molecule has 0 atom stereocenters. The lowest BCUT2D eigenvalue weighted by atomic mass is 9.97. The zero-order chi connectivity index (χ0) is 20.6. The number of aromatic nitrogens is 4. The average molecular weight is 411 g/mol. The van der Waals surface area contributed by atoms with Gasteiger partial charge in [-0.1, -0.05) is 18.2 Å². The molecule has 1 fully saturated rings. The number of para-hydroxylation sites is 1. The van der Waals surface area contributed by atoms with Crippen molar-refractivity contribution in [2.45, 2.75) is 25.8 Å². The minimum absolute atomic E-state index is 0.0568. The number of piperidine rings is 1. The molecule has 1 aliphatic heterocycles. The number of hydrogen-bond donors (Lipinski definition) is 2. The van der Waals surface area contributed by atoms with Gasteiger partial charge < -0.3 is 24.6 Å². The van der Waals surface area contributed by atoms with Crippen molar-refractivity contribution in [3.05, 3.63) is 43.0 Å². The number of hydrogen-bond acceptors (Lipinski definition) is 7. The summed E-state index contributed by atoms with van der Waals surface area (Å²) in [6.07, 6.45) is 6.81. The summed E-state index contributed by atoms with van der Waals surface area (Å²) in [4.78, 5) is 15.6. The zero-order valence-electron chi connectivity index (χ0n) is 17.3. The van der Waals surface area contributed by atoms with Gasteiger partial charge in [-0.15, -0.1) is 0 Å². The number of fused-ring (bicyclic) bond motifs is 1. The molecule has 2 aromatic heterocycles. The third kappa shape index (κ3) is 5.25. The number of aliphatic hydroxyl groups is 1. The van der Waals surface area contributed by atoms with Crippen molar-refractivity contribution < 1.29 is 9.84 Å². The predicted octanol–water partition coefficient (Wildman–Crippen LogP) is 2.41. The first-order valence-electron chi connectivity index (χ1n) is 10.7. The number of nitrogens with one attached hydrogen (secondary N) is 1. The Morgan fingerprint density at radius 1 is 1.07 bits per heavy atom. The number of aliphatic hydroxyl groups excluding tert-OH is 1. The van der Waals surface area contributed by atoms with Gasteiger partial charge in [0.05, 0.1) is 19.5 Å². The second kappa shape index (κ2) is 10.4. The van der Waals surface area contributed by atoms with Crippen LogP contribution in [0.25, 0.3) is 11.2 Å². The number of rotatable bonds is 10. The molecule has 0 radical (unpaired) electrons. The molecule has 0 aliphatic carbocycles. The molecule has 160 valence electrons. The molecule has 0 unspecified atom stereocenters. The van der Waals surface area contributed by atoms with Crippen LogP contribution in [0.1, 0.15) is 19.3 Å². The van der Waals surface area contributed by atoms with Gasteiger partial charge in [-0.25, -0.2) is 15.0 Å². The highest BCUT2D eigenvalue weighted by Gasteiger charge is 2.19. The smallest absolute Gasteiger partial charge is 0.165 e. The summed E-state index contributed by atoms with van der Waals surface area (Å²) in [7, 11) is 0. The quantitative estimate of drug-likeness (QED) is 0.531. The molecule has 3 heterocycles. The van der Waals surface area contributed by atoms with Gasteiger partial charge in [-0.2, -0.15) is 0 Å². The fraction of sp³-hybridized carbons (Fsp3) is 0.500. The fourth-order valence-electron chi connectivity index (χ4n) is 3.92. The SMILES string of the molecule is OCCNc1ncnc2c1ncn2CCCN1CCC(COc2ccccc2)CC1. The van der Waals surface area contributed by atoms with Gasteiger partial charge >= 0.3 is 0 Å². The van der Waals surface area contributed by atoms with Crippen LogP contribution in [0.2, 0.25) is 0 Å². The number of anilines is 1. The molecule has 30 heavy (non-hydrogen) atoms. The highest BCUT2D eigenvalue weighted by molar-refractivity contribution is 5.82. The molecule has 3 aromatic rings. The van der Waals surface area contributed by atoms with Crippen LogP contribution in [0, 0.1) is 5.92 Å². The maximum Gasteiger partial charge on any atom is 0.165 e. The van der Waals surface area contributed by atoms with Gasteiger partial charge in [-0.05, 0) is 56.9 Å². The Labute approximate surface area is 176 Å². The molecule has 2 N–H and O–H groups in total. The van der Waals surface area contributed by atoms with Gasteiger partial charge in [0.15, 0.2) is 11.5 Å². The molecule has 0 amide bonds. The number of likely N-dealkylation sites (tertiary alicyclic amines) is 1. The van der Waals surface area contributed by atoms with E-state index in [0.29, 0.717) is 18.3 Å².